The molecule has 0 aromatic heterocycles. The van der Waals surface area contributed by atoms with Crippen molar-refractivity contribution in [3.8, 4) is 0 Å². The van der Waals surface area contributed by atoms with Gasteiger partial charge < -0.3 is 4.90 Å². The van der Waals surface area contributed by atoms with Gasteiger partial charge in [-0.15, -0.1) is 0 Å². The summed E-state index contributed by atoms with van der Waals surface area (Å²) in [5.74, 6) is 0. The summed E-state index contributed by atoms with van der Waals surface area (Å²) in [7, 11) is 2.17. The summed E-state index contributed by atoms with van der Waals surface area (Å²) in [4.78, 5) is 2.36. The van der Waals surface area contributed by atoms with E-state index in [1.807, 2.05) is 0 Å². The van der Waals surface area contributed by atoms with Gasteiger partial charge in [0.05, 0.1) is 0 Å². The van der Waals surface area contributed by atoms with Crippen LogP contribution in [0.15, 0.2) is 0 Å². The lowest BCUT2D eigenvalue weighted by Crippen LogP contribution is -2.34. The average molecular weight is 241 g/mol. The van der Waals surface area contributed by atoms with Crippen LogP contribution in [0, 0.1) is 0 Å². The van der Waals surface area contributed by atoms with E-state index >= 15 is 0 Å². The van der Waals surface area contributed by atoms with Gasteiger partial charge in [0.1, 0.15) is 0 Å². The van der Waals surface area contributed by atoms with Crippen molar-refractivity contribution in [3.05, 3.63) is 0 Å². The molecule has 0 bridgehead atoms. The molecule has 56 valence electrons. The molecule has 0 unspecified atom stereocenters. The Kier molecular flexibility index (Phi) is 4.84. The Morgan fingerprint density at radius 1 is 1.44 bits per heavy atom. The molecule has 2 atom stereocenters. The van der Waals surface area contributed by atoms with Crippen molar-refractivity contribution in [1.29, 1.82) is 0 Å². The fourth-order valence-corrected chi connectivity index (χ4v) is 1.19. The molecule has 0 aromatic carbocycles. The lowest BCUT2D eigenvalue weighted by atomic mass is 10.2. The molecule has 0 rings (SSSR count). The van der Waals surface area contributed by atoms with E-state index in [4.69, 9.17) is 0 Å². The van der Waals surface area contributed by atoms with Crippen LogP contribution in [0.4, 0.5) is 0 Å². The van der Waals surface area contributed by atoms with E-state index < -0.39 is 0 Å². The van der Waals surface area contributed by atoms with Crippen molar-refractivity contribution < 1.29 is 0 Å². The molecule has 0 saturated carbocycles. The van der Waals surface area contributed by atoms with Gasteiger partial charge in [0.15, 0.2) is 0 Å². The van der Waals surface area contributed by atoms with Gasteiger partial charge >= 0.3 is 0 Å². The topological polar surface area (TPSA) is 3.24 Å². The SMILES string of the molecule is CCN(C)[C@@H](C)[C@H](C)I. The fraction of sp³-hybridized carbons (Fsp3) is 1.00. The molecule has 0 amide bonds. The van der Waals surface area contributed by atoms with Crippen molar-refractivity contribution in [1.82, 2.24) is 4.90 Å². The highest BCUT2D eigenvalue weighted by Gasteiger charge is 2.11. The molecule has 2 heteroatoms. The highest BCUT2D eigenvalue weighted by atomic mass is 127. The third-order valence-corrected chi connectivity index (χ3v) is 2.90. The van der Waals surface area contributed by atoms with Gasteiger partial charge in [-0.2, -0.15) is 0 Å². The first-order chi connectivity index (χ1) is 4.09. The van der Waals surface area contributed by atoms with Crippen LogP contribution < -0.4 is 0 Å². The molecule has 0 saturated heterocycles. The zero-order valence-electron chi connectivity index (χ0n) is 6.69. The number of hydrogen-bond acceptors (Lipinski definition) is 1. The average Bonchev–Trinajstić information content (AvgIpc) is 1.84. The molecule has 1 nitrogen and oxygen atoms in total. The van der Waals surface area contributed by atoms with Gasteiger partial charge in [-0.25, -0.2) is 0 Å². The van der Waals surface area contributed by atoms with Crippen molar-refractivity contribution in [3.63, 3.8) is 0 Å². The smallest absolute Gasteiger partial charge is 0.0234 e. The predicted octanol–water partition coefficient (Wildman–Crippen LogP) is 2.15. The van der Waals surface area contributed by atoms with E-state index in [0.717, 1.165) is 10.5 Å². The van der Waals surface area contributed by atoms with Gasteiger partial charge in [-0.05, 0) is 20.5 Å². The van der Waals surface area contributed by atoms with E-state index in [2.05, 4.69) is 55.3 Å². The molecule has 0 radical (unpaired) electrons. The summed E-state index contributed by atoms with van der Waals surface area (Å²) in [6, 6.07) is 0.704. The Morgan fingerprint density at radius 3 is 2.00 bits per heavy atom. The minimum Gasteiger partial charge on any atom is -0.303 e. The Bertz CT molecular complexity index is 73.3. The Hall–Kier alpha value is 0.690. The lowest BCUT2D eigenvalue weighted by molar-refractivity contribution is 0.274. The number of nitrogens with zero attached hydrogens (tertiary/aromatic N) is 1. The predicted molar refractivity (Wildman–Crippen MR) is 51.2 cm³/mol. The van der Waals surface area contributed by atoms with Gasteiger partial charge in [-0.1, -0.05) is 36.4 Å². The van der Waals surface area contributed by atoms with E-state index in [0.29, 0.717) is 6.04 Å². The second-order valence-electron chi connectivity index (χ2n) is 2.49. The summed E-state index contributed by atoms with van der Waals surface area (Å²) in [5.41, 5.74) is 0. The summed E-state index contributed by atoms with van der Waals surface area (Å²) in [6.45, 7) is 7.85. The van der Waals surface area contributed by atoms with Crippen molar-refractivity contribution in [2.24, 2.45) is 0 Å². The Labute approximate surface area is 72.0 Å². The molecule has 0 heterocycles. The normalized spacial score (nSPS) is 18.0. The van der Waals surface area contributed by atoms with Crippen molar-refractivity contribution >= 4 is 22.6 Å². The van der Waals surface area contributed by atoms with Crippen LogP contribution in [0.1, 0.15) is 20.8 Å². The van der Waals surface area contributed by atoms with E-state index in [-0.39, 0.29) is 0 Å². The third-order valence-electron chi connectivity index (χ3n) is 1.86. The van der Waals surface area contributed by atoms with Crippen LogP contribution in [-0.4, -0.2) is 28.5 Å². The van der Waals surface area contributed by atoms with Crippen molar-refractivity contribution in [2.75, 3.05) is 13.6 Å². The van der Waals surface area contributed by atoms with Crippen LogP contribution >= 0.6 is 22.6 Å². The monoisotopic (exact) mass is 241 g/mol. The first-order valence-corrected chi connectivity index (χ1v) is 4.68. The molecule has 0 aromatic rings. The highest BCUT2D eigenvalue weighted by Crippen LogP contribution is 2.09. The second-order valence-corrected chi connectivity index (χ2v) is 4.46. The standard InChI is InChI=1S/C7H16IN/c1-5-9(4)7(3)6(2)8/h6-7H,5H2,1-4H3/t6-,7-/m0/s1. The summed E-state index contributed by atoms with van der Waals surface area (Å²) in [5, 5.41) is 0. The minimum atomic E-state index is 0.704. The molecule has 9 heavy (non-hydrogen) atoms. The van der Waals surface area contributed by atoms with Crippen LogP contribution in [0.3, 0.4) is 0 Å². The second kappa shape index (κ2) is 4.50. The third kappa shape index (κ3) is 3.40. The molecule has 0 fully saturated rings. The lowest BCUT2D eigenvalue weighted by Gasteiger charge is -2.24. The number of rotatable bonds is 3. The van der Waals surface area contributed by atoms with Crippen LogP contribution in [0.25, 0.3) is 0 Å². The van der Waals surface area contributed by atoms with Gasteiger partial charge in [0, 0.05) is 9.97 Å². The van der Waals surface area contributed by atoms with E-state index in [1.165, 1.54) is 0 Å². The van der Waals surface area contributed by atoms with Crippen LogP contribution in [0.2, 0.25) is 0 Å². The number of halogens is 1. The molecular weight excluding hydrogens is 225 g/mol. The first-order valence-electron chi connectivity index (χ1n) is 3.43. The molecule has 0 aliphatic carbocycles. The largest absolute Gasteiger partial charge is 0.303 e. The van der Waals surface area contributed by atoms with Gasteiger partial charge in [0.25, 0.3) is 0 Å². The molecule has 0 aliphatic heterocycles. The zero-order chi connectivity index (χ0) is 7.44. The Balaban J connectivity index is 3.58. The quantitative estimate of drug-likeness (QED) is 0.540. The fourth-order valence-electron chi connectivity index (χ4n) is 0.639. The zero-order valence-corrected chi connectivity index (χ0v) is 8.84. The van der Waals surface area contributed by atoms with Crippen molar-refractivity contribution in [2.45, 2.75) is 30.7 Å². The maximum atomic E-state index is 2.47. The Morgan fingerprint density at radius 2 is 1.89 bits per heavy atom. The van der Waals surface area contributed by atoms with Gasteiger partial charge in [0.2, 0.25) is 0 Å². The summed E-state index contributed by atoms with van der Waals surface area (Å²) in [6.07, 6.45) is 0. The highest BCUT2D eigenvalue weighted by molar-refractivity contribution is 14.1. The minimum absolute atomic E-state index is 0.704. The molecular formula is C7H16IN. The van der Waals surface area contributed by atoms with E-state index in [1.54, 1.807) is 0 Å². The summed E-state index contributed by atoms with van der Waals surface area (Å²) >= 11 is 2.47. The molecule has 0 N–H and O–H groups in total. The van der Waals surface area contributed by atoms with Gasteiger partial charge in [-0.3, -0.25) is 0 Å². The van der Waals surface area contributed by atoms with Crippen LogP contribution in [0.5, 0.6) is 0 Å². The molecule has 0 aliphatic rings. The van der Waals surface area contributed by atoms with Crippen LogP contribution in [-0.2, 0) is 0 Å². The maximum absolute atomic E-state index is 2.47. The first kappa shape index (κ1) is 9.69. The summed E-state index contributed by atoms with van der Waals surface area (Å²) < 4.78 is 0.743. The number of alkyl halides is 1. The molecule has 0 spiro atoms. The van der Waals surface area contributed by atoms with E-state index in [9.17, 15) is 0 Å². The maximum Gasteiger partial charge on any atom is 0.0234 e. The number of hydrogen-bond donors (Lipinski definition) is 0.